The maximum Gasteiger partial charge on any atom is 0.146 e. The Labute approximate surface area is 96.5 Å². The van der Waals surface area contributed by atoms with E-state index in [-0.39, 0.29) is 6.10 Å². The van der Waals surface area contributed by atoms with E-state index in [1.54, 1.807) is 0 Å². The molecule has 1 aromatic heterocycles. The van der Waals surface area contributed by atoms with Crippen LogP contribution in [-0.2, 0) is 0 Å². The van der Waals surface area contributed by atoms with Gasteiger partial charge in [-0.15, -0.1) is 0 Å². The molecule has 1 heterocycles. The third-order valence-electron chi connectivity index (χ3n) is 2.48. The summed E-state index contributed by atoms with van der Waals surface area (Å²) in [5.74, 6) is 1.53. The average molecular weight is 273 g/mol. The predicted octanol–water partition coefficient (Wildman–Crippen LogP) is 1.22. The minimum atomic E-state index is -0.160. The average Bonchev–Trinajstić information content (AvgIpc) is 2.18. The molecule has 6 heteroatoms. The molecule has 1 aliphatic carbocycles. The van der Waals surface area contributed by atoms with Gasteiger partial charge in [0.25, 0.3) is 0 Å². The largest absolute Gasteiger partial charge is 0.393 e. The number of halogens is 1. The zero-order chi connectivity index (χ0) is 10.8. The number of aliphatic hydroxyl groups is 1. The predicted molar refractivity (Wildman–Crippen MR) is 61.9 cm³/mol. The second kappa shape index (κ2) is 4.32. The Morgan fingerprint density at radius 1 is 1.40 bits per heavy atom. The molecular weight excluding hydrogens is 260 g/mol. The van der Waals surface area contributed by atoms with Gasteiger partial charge in [0.1, 0.15) is 22.4 Å². The van der Waals surface area contributed by atoms with Crippen LogP contribution in [0.5, 0.6) is 0 Å². The Balaban J connectivity index is 2.07. The van der Waals surface area contributed by atoms with Crippen LogP contribution in [0.25, 0.3) is 0 Å². The summed E-state index contributed by atoms with van der Waals surface area (Å²) in [6.45, 7) is 0. The first-order valence-electron chi connectivity index (χ1n) is 4.83. The fraction of sp³-hybridized carbons (Fsp3) is 0.556. The highest BCUT2D eigenvalue weighted by Gasteiger charge is 2.27. The Hall–Kier alpha value is -0.880. The quantitative estimate of drug-likeness (QED) is 0.772. The van der Waals surface area contributed by atoms with Crippen LogP contribution in [0.2, 0.25) is 0 Å². The van der Waals surface area contributed by atoms with Crippen molar-refractivity contribution in [2.75, 3.05) is 17.7 Å². The molecule has 1 aromatic rings. The van der Waals surface area contributed by atoms with Crippen molar-refractivity contribution in [3.8, 4) is 0 Å². The summed E-state index contributed by atoms with van der Waals surface area (Å²) in [5, 5.41) is 15.4. The van der Waals surface area contributed by atoms with Crippen LogP contribution in [0.15, 0.2) is 10.8 Å². The van der Waals surface area contributed by atoms with Gasteiger partial charge in [-0.2, -0.15) is 0 Å². The molecule has 0 aliphatic heterocycles. The highest BCUT2D eigenvalue weighted by atomic mass is 79.9. The molecule has 3 N–H and O–H groups in total. The number of anilines is 2. The number of aliphatic hydroxyl groups excluding tert-OH is 1. The van der Waals surface area contributed by atoms with Crippen LogP contribution >= 0.6 is 15.9 Å². The van der Waals surface area contributed by atoms with Crippen LogP contribution in [0.4, 0.5) is 11.6 Å². The van der Waals surface area contributed by atoms with E-state index in [2.05, 4.69) is 36.5 Å². The molecule has 0 unspecified atom stereocenters. The fourth-order valence-electron chi connectivity index (χ4n) is 1.54. The van der Waals surface area contributed by atoms with Crippen molar-refractivity contribution in [3.05, 3.63) is 10.8 Å². The van der Waals surface area contributed by atoms with Gasteiger partial charge in [-0.3, -0.25) is 0 Å². The van der Waals surface area contributed by atoms with E-state index >= 15 is 0 Å². The number of aromatic nitrogens is 2. The van der Waals surface area contributed by atoms with Crippen molar-refractivity contribution in [2.45, 2.75) is 25.0 Å². The van der Waals surface area contributed by atoms with Gasteiger partial charge in [0.2, 0.25) is 0 Å². The molecule has 0 atom stereocenters. The molecule has 2 rings (SSSR count). The highest BCUT2D eigenvalue weighted by molar-refractivity contribution is 9.10. The molecule has 82 valence electrons. The lowest BCUT2D eigenvalue weighted by Crippen LogP contribution is -2.39. The van der Waals surface area contributed by atoms with Gasteiger partial charge in [-0.05, 0) is 28.8 Å². The molecule has 0 radical (unpaired) electrons. The van der Waals surface area contributed by atoms with Crippen LogP contribution in [0.1, 0.15) is 12.8 Å². The van der Waals surface area contributed by atoms with Gasteiger partial charge in [0.15, 0.2) is 0 Å². The molecule has 0 amide bonds. The zero-order valence-corrected chi connectivity index (χ0v) is 9.95. The maximum absolute atomic E-state index is 9.17. The summed E-state index contributed by atoms with van der Waals surface area (Å²) in [5.41, 5.74) is 0. The Kier molecular flexibility index (Phi) is 3.06. The van der Waals surface area contributed by atoms with Crippen molar-refractivity contribution in [1.82, 2.24) is 9.97 Å². The van der Waals surface area contributed by atoms with E-state index in [4.69, 9.17) is 5.11 Å². The number of hydrogen-bond donors (Lipinski definition) is 3. The standard InChI is InChI=1S/C9H13BrN4O/c1-11-8-7(10)9(13-4-12-8)14-5-2-6(15)3-5/h4-6,15H,2-3H2,1H3,(H2,11,12,13,14). The van der Waals surface area contributed by atoms with Crippen LogP contribution in [0, 0.1) is 0 Å². The third-order valence-corrected chi connectivity index (χ3v) is 3.23. The molecule has 1 saturated carbocycles. The van der Waals surface area contributed by atoms with Gasteiger partial charge >= 0.3 is 0 Å². The molecule has 5 nitrogen and oxygen atoms in total. The van der Waals surface area contributed by atoms with Crippen LogP contribution in [-0.4, -0.2) is 34.3 Å². The normalized spacial score (nSPS) is 24.5. The maximum atomic E-state index is 9.17. The number of nitrogens with one attached hydrogen (secondary N) is 2. The summed E-state index contributed by atoms with van der Waals surface area (Å²) in [6.07, 6.45) is 2.91. The molecule has 0 aromatic carbocycles. The van der Waals surface area contributed by atoms with Crippen LogP contribution < -0.4 is 10.6 Å². The monoisotopic (exact) mass is 272 g/mol. The van der Waals surface area contributed by atoms with Gasteiger partial charge in [-0.1, -0.05) is 0 Å². The lowest BCUT2D eigenvalue weighted by atomic mass is 9.89. The lowest BCUT2D eigenvalue weighted by molar-refractivity contribution is 0.0835. The molecule has 15 heavy (non-hydrogen) atoms. The summed E-state index contributed by atoms with van der Waals surface area (Å²) < 4.78 is 0.828. The van der Waals surface area contributed by atoms with Crippen LogP contribution in [0.3, 0.4) is 0 Å². The van der Waals surface area contributed by atoms with Crippen molar-refractivity contribution in [1.29, 1.82) is 0 Å². The van der Waals surface area contributed by atoms with Crippen molar-refractivity contribution in [2.24, 2.45) is 0 Å². The second-order valence-corrected chi connectivity index (χ2v) is 4.39. The van der Waals surface area contributed by atoms with Gasteiger partial charge < -0.3 is 15.7 Å². The molecule has 0 saturated heterocycles. The number of nitrogens with zero attached hydrogens (tertiary/aromatic N) is 2. The smallest absolute Gasteiger partial charge is 0.146 e. The van der Waals surface area contributed by atoms with Crippen molar-refractivity contribution < 1.29 is 5.11 Å². The van der Waals surface area contributed by atoms with E-state index in [0.29, 0.717) is 6.04 Å². The minimum absolute atomic E-state index is 0.160. The summed E-state index contributed by atoms with van der Waals surface area (Å²) in [7, 11) is 1.81. The van der Waals surface area contributed by atoms with Gasteiger partial charge in [-0.25, -0.2) is 9.97 Å². The molecule has 1 fully saturated rings. The Morgan fingerprint density at radius 2 is 2.07 bits per heavy atom. The molecular formula is C9H13BrN4O. The first kappa shape index (κ1) is 10.6. The van der Waals surface area contributed by atoms with Gasteiger partial charge in [0, 0.05) is 13.1 Å². The topological polar surface area (TPSA) is 70.1 Å². The fourth-order valence-corrected chi connectivity index (χ4v) is 2.06. The summed E-state index contributed by atoms with van der Waals surface area (Å²) >= 11 is 3.43. The highest BCUT2D eigenvalue weighted by Crippen LogP contribution is 2.30. The van der Waals surface area contributed by atoms with E-state index in [9.17, 15) is 0 Å². The van der Waals surface area contributed by atoms with E-state index < -0.39 is 0 Å². The summed E-state index contributed by atoms with van der Waals surface area (Å²) in [6, 6.07) is 0.316. The Bertz CT molecular complexity index is 354. The SMILES string of the molecule is CNc1ncnc(NC2CC(O)C2)c1Br. The second-order valence-electron chi connectivity index (χ2n) is 3.60. The first-order chi connectivity index (χ1) is 7.20. The zero-order valence-electron chi connectivity index (χ0n) is 8.37. The first-order valence-corrected chi connectivity index (χ1v) is 5.63. The van der Waals surface area contributed by atoms with E-state index in [0.717, 1.165) is 29.0 Å². The van der Waals surface area contributed by atoms with Crippen molar-refractivity contribution in [3.63, 3.8) is 0 Å². The van der Waals surface area contributed by atoms with Crippen molar-refractivity contribution >= 4 is 27.6 Å². The molecule has 0 spiro atoms. The van der Waals surface area contributed by atoms with E-state index in [1.165, 1.54) is 6.33 Å². The Morgan fingerprint density at radius 3 is 2.67 bits per heavy atom. The number of hydrogen-bond acceptors (Lipinski definition) is 5. The lowest BCUT2D eigenvalue weighted by Gasteiger charge is -2.32. The van der Waals surface area contributed by atoms with Gasteiger partial charge in [0.05, 0.1) is 6.10 Å². The molecule has 0 bridgehead atoms. The van der Waals surface area contributed by atoms with E-state index in [1.807, 2.05) is 7.05 Å². The summed E-state index contributed by atoms with van der Waals surface area (Å²) in [4.78, 5) is 8.21. The minimum Gasteiger partial charge on any atom is -0.393 e. The molecule has 1 aliphatic rings. The third kappa shape index (κ3) is 2.21. The number of rotatable bonds is 3.